The molecule has 0 aliphatic carbocycles. The average Bonchev–Trinajstić information content (AvgIpc) is 3.03. The first-order valence-electron chi connectivity index (χ1n) is 8.22. The van der Waals surface area contributed by atoms with Crippen molar-refractivity contribution in [2.75, 3.05) is 6.61 Å². The van der Waals surface area contributed by atoms with Crippen LogP contribution >= 0.6 is 11.5 Å². The minimum atomic E-state index is -4.80. The quantitative estimate of drug-likeness (QED) is 0.478. The van der Waals surface area contributed by atoms with E-state index in [1.807, 2.05) is 19.1 Å². The van der Waals surface area contributed by atoms with Crippen LogP contribution in [0.2, 0.25) is 0 Å². The lowest BCUT2D eigenvalue weighted by Crippen LogP contribution is -2.40. The zero-order chi connectivity index (χ0) is 20.5. The second-order valence-electron chi connectivity index (χ2n) is 5.94. The highest BCUT2D eigenvalue weighted by molar-refractivity contribution is 7.13. The number of aromatic nitrogens is 3. The summed E-state index contributed by atoms with van der Waals surface area (Å²) in [7, 11) is 0.978. The second-order valence-corrected chi connectivity index (χ2v) is 6.74. The van der Waals surface area contributed by atoms with Crippen LogP contribution in [0.1, 0.15) is 18.3 Å². The van der Waals surface area contributed by atoms with Crippen LogP contribution in [-0.4, -0.2) is 20.1 Å². The van der Waals surface area contributed by atoms with Crippen LogP contribution in [0.25, 0.3) is 15.8 Å². The number of alkyl halides is 3. The maximum Gasteiger partial charge on any atom is 0.431 e. The zero-order valence-electron chi connectivity index (χ0n) is 15.0. The summed E-state index contributed by atoms with van der Waals surface area (Å²) < 4.78 is 50.7. The molecule has 3 aromatic rings. The van der Waals surface area contributed by atoms with E-state index in [2.05, 4.69) is 4.37 Å². The molecule has 1 aromatic carbocycles. The van der Waals surface area contributed by atoms with Gasteiger partial charge < -0.3 is 4.74 Å². The van der Waals surface area contributed by atoms with E-state index in [0.717, 1.165) is 11.7 Å². The fraction of sp³-hybridized carbons (Fsp3) is 0.278. The molecule has 2 aromatic heterocycles. The molecule has 0 saturated heterocycles. The zero-order valence-corrected chi connectivity index (χ0v) is 15.8. The summed E-state index contributed by atoms with van der Waals surface area (Å²) in [6.07, 6.45) is -1.11. The molecule has 0 unspecified atom stereocenters. The van der Waals surface area contributed by atoms with Crippen molar-refractivity contribution < 1.29 is 17.9 Å². The van der Waals surface area contributed by atoms with Gasteiger partial charge in [0, 0.05) is 18.5 Å². The highest BCUT2D eigenvalue weighted by Crippen LogP contribution is 2.28. The molecule has 0 fully saturated rings. The molecule has 0 aliphatic heterocycles. The first-order chi connectivity index (χ1) is 13.2. The van der Waals surface area contributed by atoms with Crippen LogP contribution in [0.3, 0.4) is 0 Å². The van der Waals surface area contributed by atoms with Crippen molar-refractivity contribution in [3.63, 3.8) is 0 Å². The maximum absolute atomic E-state index is 13.0. The number of halogens is 3. The minimum Gasteiger partial charge on any atom is -0.371 e. The normalized spacial score (nSPS) is 12.3. The number of hydrogen-bond acceptors (Lipinski definition) is 5. The summed E-state index contributed by atoms with van der Waals surface area (Å²) in [5, 5.41) is 0.678. The summed E-state index contributed by atoms with van der Waals surface area (Å²) in [5.74, 6) is 0. The molecule has 0 N–H and O–H groups in total. The third kappa shape index (κ3) is 3.78. The van der Waals surface area contributed by atoms with Gasteiger partial charge in [0.1, 0.15) is 5.69 Å². The van der Waals surface area contributed by atoms with Crippen LogP contribution in [-0.2, 0) is 24.6 Å². The van der Waals surface area contributed by atoms with E-state index < -0.39 is 23.1 Å². The topological polar surface area (TPSA) is 66.1 Å². The molecule has 10 heteroatoms. The maximum atomic E-state index is 13.0. The first kappa shape index (κ1) is 20.0. The molecule has 28 heavy (non-hydrogen) atoms. The third-order valence-corrected chi connectivity index (χ3v) is 4.95. The molecule has 0 aliphatic rings. The van der Waals surface area contributed by atoms with Crippen LogP contribution in [0.4, 0.5) is 13.2 Å². The van der Waals surface area contributed by atoms with Gasteiger partial charge in [-0.15, -0.1) is 0 Å². The van der Waals surface area contributed by atoms with Crippen LogP contribution in [0.15, 0.2) is 46.0 Å². The summed E-state index contributed by atoms with van der Waals surface area (Å²) in [5.41, 5.74) is -2.63. The highest BCUT2D eigenvalue weighted by Gasteiger charge is 2.35. The lowest BCUT2D eigenvalue weighted by molar-refractivity contribution is -0.144. The monoisotopic (exact) mass is 411 g/mol. The van der Waals surface area contributed by atoms with Gasteiger partial charge in [0.2, 0.25) is 0 Å². The van der Waals surface area contributed by atoms with Crippen molar-refractivity contribution >= 4 is 21.6 Å². The van der Waals surface area contributed by atoms with E-state index in [9.17, 15) is 22.8 Å². The molecule has 0 amide bonds. The van der Waals surface area contributed by atoms with Gasteiger partial charge in [-0.1, -0.05) is 12.2 Å². The Bertz CT molecular complexity index is 1160. The Hall–Kier alpha value is -2.72. The van der Waals surface area contributed by atoms with Crippen LogP contribution in [0.5, 0.6) is 0 Å². The first-order valence-corrected chi connectivity index (χ1v) is 8.99. The fourth-order valence-electron chi connectivity index (χ4n) is 2.67. The number of ether oxygens (including phenoxy) is 1. The van der Waals surface area contributed by atoms with Gasteiger partial charge in [-0.3, -0.25) is 9.36 Å². The molecular formula is C18H16F3N3O3S. The van der Waals surface area contributed by atoms with Crippen LogP contribution in [0, 0.1) is 0 Å². The molecular weight excluding hydrogens is 395 g/mol. The molecule has 0 atom stereocenters. The van der Waals surface area contributed by atoms with E-state index in [-0.39, 0.29) is 12.3 Å². The summed E-state index contributed by atoms with van der Waals surface area (Å²) >= 11 is 1.23. The van der Waals surface area contributed by atoms with Crippen molar-refractivity contribution in [2.24, 2.45) is 7.05 Å². The third-order valence-electron chi connectivity index (χ3n) is 4.09. The van der Waals surface area contributed by atoms with E-state index in [1.165, 1.54) is 17.6 Å². The second kappa shape index (κ2) is 7.72. The van der Waals surface area contributed by atoms with Gasteiger partial charge in [0.05, 0.1) is 29.3 Å². The molecule has 0 spiro atoms. The fourth-order valence-corrected chi connectivity index (χ4v) is 3.44. The number of rotatable bonds is 5. The molecule has 3 rings (SSSR count). The van der Waals surface area contributed by atoms with E-state index >= 15 is 0 Å². The lowest BCUT2D eigenvalue weighted by atomic mass is 10.2. The number of fused-ring (bicyclic) bond motifs is 1. The number of nitrogens with zero attached hydrogens (tertiary/aromatic N) is 3. The van der Waals surface area contributed by atoms with E-state index in [4.69, 9.17) is 4.74 Å². The molecule has 2 heterocycles. The Balaban J connectivity index is 2.08. The van der Waals surface area contributed by atoms with E-state index in [0.29, 0.717) is 32.9 Å². The Morgan fingerprint density at radius 2 is 2.00 bits per heavy atom. The average molecular weight is 411 g/mol. The molecule has 0 radical (unpaired) electrons. The number of allylic oxidation sites excluding steroid dienone is 1. The van der Waals surface area contributed by atoms with Gasteiger partial charge in [-0.2, -0.15) is 17.5 Å². The van der Waals surface area contributed by atoms with Gasteiger partial charge in [-0.25, -0.2) is 9.36 Å². The smallest absolute Gasteiger partial charge is 0.371 e. The Morgan fingerprint density at radius 1 is 1.25 bits per heavy atom. The predicted octanol–water partition coefficient (Wildman–Crippen LogP) is 3.26. The van der Waals surface area contributed by atoms with Crippen molar-refractivity contribution in [3.8, 4) is 5.69 Å². The van der Waals surface area contributed by atoms with Gasteiger partial charge >= 0.3 is 11.9 Å². The van der Waals surface area contributed by atoms with Crippen molar-refractivity contribution in [3.05, 3.63) is 68.6 Å². The number of benzene rings is 1. The van der Waals surface area contributed by atoms with Crippen molar-refractivity contribution in [2.45, 2.75) is 19.7 Å². The predicted molar refractivity (Wildman–Crippen MR) is 99.9 cm³/mol. The largest absolute Gasteiger partial charge is 0.431 e. The molecule has 0 saturated carbocycles. The standard InChI is InChI=1S/C18H16F3N3O3S/c1-3-4-7-27-10-13-12-8-11(5-6-14(12)28-22-13)24-16(25)9-15(18(19,20)21)23(2)17(24)26/h3-6,8-9H,7,10H2,1-2H3. The molecule has 0 bridgehead atoms. The summed E-state index contributed by atoms with van der Waals surface area (Å²) in [4.78, 5) is 24.7. The Morgan fingerprint density at radius 3 is 2.68 bits per heavy atom. The van der Waals surface area contributed by atoms with Gasteiger partial charge in [0.15, 0.2) is 0 Å². The number of hydrogen-bond donors (Lipinski definition) is 0. The summed E-state index contributed by atoms with van der Waals surface area (Å²) in [6.45, 7) is 2.51. The van der Waals surface area contributed by atoms with Crippen LogP contribution < -0.4 is 11.2 Å². The SMILES string of the molecule is CC=CCOCc1nsc2ccc(-n3c(=O)cc(C(F)(F)F)n(C)c3=O)cc12. The lowest BCUT2D eigenvalue weighted by Gasteiger charge is -2.14. The van der Waals surface area contributed by atoms with Crippen molar-refractivity contribution in [1.82, 2.24) is 13.5 Å². The van der Waals surface area contributed by atoms with E-state index in [1.54, 1.807) is 12.1 Å². The van der Waals surface area contributed by atoms with Gasteiger partial charge in [0.25, 0.3) is 5.56 Å². The highest BCUT2D eigenvalue weighted by atomic mass is 32.1. The minimum absolute atomic E-state index is 0.168. The Kier molecular flexibility index (Phi) is 5.52. The van der Waals surface area contributed by atoms with Gasteiger partial charge in [-0.05, 0) is 36.7 Å². The Labute approximate surface area is 161 Å². The molecule has 6 nitrogen and oxygen atoms in total. The molecule has 148 valence electrons. The summed E-state index contributed by atoms with van der Waals surface area (Å²) in [6, 6.07) is 5.14. The van der Waals surface area contributed by atoms with Crippen molar-refractivity contribution in [1.29, 1.82) is 0 Å².